The Hall–Kier alpha value is -0.530. The van der Waals surface area contributed by atoms with Crippen LogP contribution in [-0.4, -0.2) is 10.9 Å². The predicted octanol–water partition coefficient (Wildman–Crippen LogP) is 3.30. The molecular formula is C10H21NO. The maximum absolute atomic E-state index is 8.83. The molecule has 0 amide bonds. The zero-order valence-electron chi connectivity index (χ0n) is 8.89. The fraction of sp³-hybridized carbons (Fsp3) is 0.900. The van der Waals surface area contributed by atoms with Gasteiger partial charge in [-0.25, -0.2) is 0 Å². The molecule has 0 rings (SSSR count). The maximum atomic E-state index is 8.83. The summed E-state index contributed by atoms with van der Waals surface area (Å²) in [6, 6.07) is 0. The van der Waals surface area contributed by atoms with Gasteiger partial charge in [-0.15, -0.1) is 0 Å². The van der Waals surface area contributed by atoms with Gasteiger partial charge in [-0.05, 0) is 12.3 Å². The third kappa shape index (κ3) is 2.50. The van der Waals surface area contributed by atoms with Crippen molar-refractivity contribution in [3.05, 3.63) is 0 Å². The van der Waals surface area contributed by atoms with Gasteiger partial charge >= 0.3 is 0 Å². The number of oxime groups is 1. The van der Waals surface area contributed by atoms with E-state index in [1.165, 1.54) is 0 Å². The lowest BCUT2D eigenvalue weighted by Gasteiger charge is -2.29. The fourth-order valence-electron chi connectivity index (χ4n) is 1.07. The van der Waals surface area contributed by atoms with Gasteiger partial charge in [0.05, 0.1) is 5.71 Å². The van der Waals surface area contributed by atoms with E-state index in [9.17, 15) is 0 Å². The second-order valence-corrected chi connectivity index (χ2v) is 4.17. The van der Waals surface area contributed by atoms with Crippen molar-refractivity contribution in [1.82, 2.24) is 0 Å². The van der Waals surface area contributed by atoms with Crippen LogP contribution in [0.25, 0.3) is 0 Å². The molecule has 12 heavy (non-hydrogen) atoms. The normalized spacial score (nSPS) is 14.0. The average Bonchev–Trinajstić information content (AvgIpc) is 1.99. The van der Waals surface area contributed by atoms with Crippen LogP contribution in [-0.2, 0) is 0 Å². The van der Waals surface area contributed by atoms with Crippen molar-refractivity contribution in [3.8, 4) is 0 Å². The van der Waals surface area contributed by atoms with Crippen LogP contribution in [0.3, 0.4) is 0 Å². The zero-order valence-corrected chi connectivity index (χ0v) is 8.89. The topological polar surface area (TPSA) is 32.6 Å². The van der Waals surface area contributed by atoms with Crippen molar-refractivity contribution >= 4 is 5.71 Å². The van der Waals surface area contributed by atoms with Crippen LogP contribution in [0.2, 0.25) is 0 Å². The summed E-state index contributed by atoms with van der Waals surface area (Å²) in [4.78, 5) is 0. The van der Waals surface area contributed by atoms with E-state index >= 15 is 0 Å². The van der Waals surface area contributed by atoms with E-state index in [4.69, 9.17) is 5.21 Å². The van der Waals surface area contributed by atoms with Gasteiger partial charge in [0, 0.05) is 5.41 Å². The highest BCUT2D eigenvalue weighted by Gasteiger charge is 2.28. The van der Waals surface area contributed by atoms with E-state index in [2.05, 4.69) is 39.8 Å². The summed E-state index contributed by atoms with van der Waals surface area (Å²) < 4.78 is 0. The van der Waals surface area contributed by atoms with Gasteiger partial charge in [0.2, 0.25) is 0 Å². The van der Waals surface area contributed by atoms with Crippen molar-refractivity contribution in [2.45, 2.75) is 47.5 Å². The molecular weight excluding hydrogens is 150 g/mol. The highest BCUT2D eigenvalue weighted by atomic mass is 16.4. The summed E-state index contributed by atoms with van der Waals surface area (Å²) in [6.45, 7) is 10.7. The van der Waals surface area contributed by atoms with Gasteiger partial charge in [0.15, 0.2) is 0 Å². The number of nitrogens with zero attached hydrogens (tertiary/aromatic N) is 1. The number of rotatable bonds is 4. The molecule has 2 nitrogen and oxygen atoms in total. The summed E-state index contributed by atoms with van der Waals surface area (Å²) in [5, 5.41) is 12.2. The minimum atomic E-state index is 0.0186. The lowest BCUT2D eigenvalue weighted by Crippen LogP contribution is -2.29. The quantitative estimate of drug-likeness (QED) is 0.393. The van der Waals surface area contributed by atoms with Gasteiger partial charge in [-0.3, -0.25) is 0 Å². The Kier molecular flexibility index (Phi) is 4.29. The zero-order chi connectivity index (χ0) is 9.78. The van der Waals surface area contributed by atoms with Crippen LogP contribution in [0.1, 0.15) is 47.5 Å². The van der Waals surface area contributed by atoms with E-state index < -0.39 is 0 Å². The van der Waals surface area contributed by atoms with Crippen molar-refractivity contribution in [1.29, 1.82) is 0 Å². The Bertz CT molecular complexity index is 159. The van der Waals surface area contributed by atoms with Crippen LogP contribution in [0.15, 0.2) is 5.16 Å². The molecule has 2 heteroatoms. The Morgan fingerprint density at radius 2 is 1.92 bits per heavy atom. The Labute approximate surface area is 75.7 Å². The molecule has 0 aliphatic carbocycles. The summed E-state index contributed by atoms with van der Waals surface area (Å²) in [6.07, 6.45) is 1.93. The Morgan fingerprint density at radius 1 is 1.42 bits per heavy atom. The molecule has 0 aromatic carbocycles. The van der Waals surface area contributed by atoms with E-state index in [1.807, 2.05) is 0 Å². The molecule has 0 fully saturated rings. The second-order valence-electron chi connectivity index (χ2n) is 4.17. The maximum Gasteiger partial charge on any atom is 0.0629 e. The first kappa shape index (κ1) is 11.5. The Morgan fingerprint density at radius 3 is 2.17 bits per heavy atom. The molecule has 0 aromatic heterocycles. The molecule has 0 unspecified atom stereocenters. The van der Waals surface area contributed by atoms with Crippen LogP contribution < -0.4 is 0 Å². The van der Waals surface area contributed by atoms with Crippen LogP contribution in [0.4, 0.5) is 0 Å². The molecule has 0 bridgehead atoms. The van der Waals surface area contributed by atoms with Crippen molar-refractivity contribution in [2.75, 3.05) is 0 Å². The molecule has 0 aromatic rings. The average molecular weight is 171 g/mol. The van der Waals surface area contributed by atoms with Crippen molar-refractivity contribution < 1.29 is 5.21 Å². The van der Waals surface area contributed by atoms with E-state index in [0.717, 1.165) is 18.6 Å². The standard InChI is InChI=1S/C10H21NO/c1-6-7-9(11-12)10(4,5)8(2)3/h8,12H,6-7H2,1-5H3. The predicted molar refractivity (Wildman–Crippen MR) is 52.7 cm³/mol. The molecule has 0 heterocycles. The summed E-state index contributed by atoms with van der Waals surface area (Å²) >= 11 is 0. The first-order chi connectivity index (χ1) is 5.46. The first-order valence-electron chi connectivity index (χ1n) is 4.68. The molecule has 72 valence electrons. The van der Waals surface area contributed by atoms with Gasteiger partial charge < -0.3 is 5.21 Å². The van der Waals surface area contributed by atoms with Crippen LogP contribution in [0, 0.1) is 11.3 Å². The summed E-state index contributed by atoms with van der Waals surface area (Å²) in [7, 11) is 0. The molecule has 0 saturated heterocycles. The largest absolute Gasteiger partial charge is 0.411 e. The van der Waals surface area contributed by atoms with Gasteiger partial charge in [-0.2, -0.15) is 0 Å². The molecule has 0 aliphatic heterocycles. The molecule has 1 N–H and O–H groups in total. The highest BCUT2D eigenvalue weighted by Crippen LogP contribution is 2.29. The molecule has 0 radical (unpaired) electrons. The third-order valence-electron chi connectivity index (χ3n) is 2.79. The second kappa shape index (κ2) is 4.48. The van der Waals surface area contributed by atoms with Gasteiger partial charge in [-0.1, -0.05) is 46.2 Å². The fourth-order valence-corrected chi connectivity index (χ4v) is 1.07. The molecule has 0 aliphatic rings. The summed E-state index contributed by atoms with van der Waals surface area (Å²) in [5.74, 6) is 0.509. The van der Waals surface area contributed by atoms with E-state index in [-0.39, 0.29) is 5.41 Å². The smallest absolute Gasteiger partial charge is 0.0629 e. The van der Waals surface area contributed by atoms with Crippen molar-refractivity contribution in [3.63, 3.8) is 0 Å². The van der Waals surface area contributed by atoms with E-state index in [0.29, 0.717) is 5.92 Å². The van der Waals surface area contributed by atoms with Crippen molar-refractivity contribution in [2.24, 2.45) is 16.5 Å². The van der Waals surface area contributed by atoms with Gasteiger partial charge in [0.25, 0.3) is 0 Å². The lowest BCUT2D eigenvalue weighted by molar-refractivity contribution is 0.288. The minimum absolute atomic E-state index is 0.0186. The first-order valence-corrected chi connectivity index (χ1v) is 4.68. The molecule has 0 spiro atoms. The number of hydrogen-bond acceptors (Lipinski definition) is 2. The van der Waals surface area contributed by atoms with Crippen LogP contribution >= 0.6 is 0 Å². The van der Waals surface area contributed by atoms with Crippen LogP contribution in [0.5, 0.6) is 0 Å². The number of hydrogen-bond donors (Lipinski definition) is 1. The monoisotopic (exact) mass is 171 g/mol. The van der Waals surface area contributed by atoms with E-state index in [1.54, 1.807) is 0 Å². The highest BCUT2D eigenvalue weighted by molar-refractivity contribution is 5.89. The Balaban J connectivity index is 4.49. The third-order valence-corrected chi connectivity index (χ3v) is 2.79. The van der Waals surface area contributed by atoms with Gasteiger partial charge in [0.1, 0.15) is 0 Å². The molecule has 0 atom stereocenters. The molecule has 0 saturated carbocycles. The SMILES string of the molecule is CCCC(=NO)C(C)(C)C(C)C. The summed E-state index contributed by atoms with van der Waals surface area (Å²) in [5.41, 5.74) is 0.935. The lowest BCUT2D eigenvalue weighted by atomic mass is 9.75. The minimum Gasteiger partial charge on any atom is -0.411 e.